The summed E-state index contributed by atoms with van der Waals surface area (Å²) in [6.45, 7) is 6.97. The summed E-state index contributed by atoms with van der Waals surface area (Å²) in [6, 6.07) is 4.37. The molecule has 0 saturated carbocycles. The van der Waals surface area contributed by atoms with Crippen molar-refractivity contribution in [2.45, 2.75) is 37.6 Å². The molecule has 3 rings (SSSR count). The molecule has 0 bridgehead atoms. The third-order valence-electron chi connectivity index (χ3n) is 5.40. The van der Waals surface area contributed by atoms with Crippen molar-refractivity contribution in [1.29, 1.82) is 0 Å². The third kappa shape index (κ3) is 4.44. The Bertz CT molecular complexity index is 780. The summed E-state index contributed by atoms with van der Waals surface area (Å²) < 4.78 is 33.0. The van der Waals surface area contributed by atoms with Gasteiger partial charge in [0.15, 0.2) is 0 Å². The lowest BCUT2D eigenvalue weighted by atomic mass is 9.92. The summed E-state index contributed by atoms with van der Waals surface area (Å²) in [5.41, 5.74) is 0.380. The smallest absolute Gasteiger partial charge is 0.253 e. The Morgan fingerprint density at radius 3 is 2.41 bits per heavy atom. The maximum Gasteiger partial charge on any atom is 0.253 e. The fourth-order valence-electron chi connectivity index (χ4n) is 4.00. The van der Waals surface area contributed by atoms with E-state index in [0.717, 1.165) is 25.9 Å². The number of likely N-dealkylation sites (tertiary alicyclic amines) is 1. The summed E-state index contributed by atoms with van der Waals surface area (Å²) in [5, 5.41) is 3.43. The molecule has 2 fully saturated rings. The van der Waals surface area contributed by atoms with Gasteiger partial charge in [-0.3, -0.25) is 4.79 Å². The van der Waals surface area contributed by atoms with Crippen LogP contribution in [0.5, 0.6) is 5.75 Å². The molecule has 0 spiro atoms. The molecule has 2 aliphatic heterocycles. The first-order valence-corrected chi connectivity index (χ1v) is 11.0. The van der Waals surface area contributed by atoms with Crippen LogP contribution in [0.1, 0.15) is 37.0 Å². The number of methoxy groups -OCH3 is 1. The van der Waals surface area contributed by atoms with Crippen LogP contribution < -0.4 is 14.8 Å². The monoisotopic (exact) mass is 395 g/mol. The second-order valence-electron chi connectivity index (χ2n) is 7.69. The predicted octanol–water partition coefficient (Wildman–Crippen LogP) is 1.45. The molecule has 8 heteroatoms. The first-order chi connectivity index (χ1) is 12.8. The van der Waals surface area contributed by atoms with Gasteiger partial charge in [0.2, 0.25) is 10.0 Å². The Hall–Kier alpha value is -1.64. The van der Waals surface area contributed by atoms with Crippen molar-refractivity contribution in [3.8, 4) is 5.75 Å². The van der Waals surface area contributed by atoms with Gasteiger partial charge in [-0.05, 0) is 69.8 Å². The molecule has 7 nitrogen and oxygen atoms in total. The lowest BCUT2D eigenvalue weighted by molar-refractivity contribution is 0.0758. The Morgan fingerprint density at radius 2 is 1.85 bits per heavy atom. The number of carbonyl (C=O) groups is 1. The second-order valence-corrected chi connectivity index (χ2v) is 9.37. The van der Waals surface area contributed by atoms with Gasteiger partial charge in [0.05, 0.1) is 7.11 Å². The topological polar surface area (TPSA) is 87.7 Å². The lowest BCUT2D eigenvalue weighted by Crippen LogP contribution is -2.33. The first kappa shape index (κ1) is 20.1. The minimum atomic E-state index is -3.76. The number of ether oxygens (including phenoxy) is 1. The molecule has 2 saturated heterocycles. The molecular weight excluding hydrogens is 366 g/mol. The largest absolute Gasteiger partial charge is 0.495 e. The molecule has 2 atom stereocenters. The maximum atomic E-state index is 13.0. The highest BCUT2D eigenvalue weighted by Crippen LogP contribution is 2.29. The molecule has 2 N–H and O–H groups in total. The minimum Gasteiger partial charge on any atom is -0.495 e. The van der Waals surface area contributed by atoms with Crippen molar-refractivity contribution >= 4 is 15.9 Å². The van der Waals surface area contributed by atoms with Crippen molar-refractivity contribution in [2.24, 2.45) is 11.8 Å². The molecule has 1 aromatic carbocycles. The number of fused-ring (bicyclic) bond motifs is 1. The third-order valence-corrected chi connectivity index (χ3v) is 7.08. The van der Waals surface area contributed by atoms with Crippen molar-refractivity contribution in [2.75, 3.05) is 33.3 Å². The number of rotatable bonds is 5. The van der Waals surface area contributed by atoms with Crippen LogP contribution in [0.15, 0.2) is 23.1 Å². The van der Waals surface area contributed by atoms with E-state index >= 15 is 0 Å². The minimum absolute atomic E-state index is 0.000409. The molecule has 0 radical (unpaired) electrons. The lowest BCUT2D eigenvalue weighted by Gasteiger charge is -2.22. The fraction of sp³-hybridized carbons (Fsp3) is 0.632. The van der Waals surface area contributed by atoms with Gasteiger partial charge in [0.25, 0.3) is 5.91 Å². The number of benzene rings is 1. The Kier molecular flexibility index (Phi) is 6.08. The van der Waals surface area contributed by atoms with E-state index < -0.39 is 10.0 Å². The van der Waals surface area contributed by atoms with Crippen molar-refractivity contribution in [3.63, 3.8) is 0 Å². The quantitative estimate of drug-likeness (QED) is 0.788. The zero-order valence-corrected chi connectivity index (χ0v) is 17.0. The average molecular weight is 396 g/mol. The highest BCUT2D eigenvalue weighted by molar-refractivity contribution is 7.89. The normalized spacial score (nSPS) is 23.2. The number of sulfonamides is 1. The molecule has 27 heavy (non-hydrogen) atoms. The number of hydrogen-bond acceptors (Lipinski definition) is 5. The second kappa shape index (κ2) is 8.16. The summed E-state index contributed by atoms with van der Waals surface area (Å²) in [4.78, 5) is 14.9. The summed E-state index contributed by atoms with van der Waals surface area (Å²) in [7, 11) is -2.34. The van der Waals surface area contributed by atoms with E-state index in [1.54, 1.807) is 26.0 Å². The van der Waals surface area contributed by atoms with Gasteiger partial charge in [-0.2, -0.15) is 0 Å². The molecule has 1 aromatic rings. The van der Waals surface area contributed by atoms with Crippen molar-refractivity contribution in [3.05, 3.63) is 23.8 Å². The molecule has 0 unspecified atom stereocenters. The average Bonchev–Trinajstić information content (AvgIpc) is 2.98. The molecule has 0 aromatic heterocycles. The molecule has 1 amide bonds. The van der Waals surface area contributed by atoms with Crippen LogP contribution in [0.3, 0.4) is 0 Å². The Morgan fingerprint density at radius 1 is 1.22 bits per heavy atom. The van der Waals surface area contributed by atoms with Gasteiger partial charge in [-0.15, -0.1) is 0 Å². The summed E-state index contributed by atoms with van der Waals surface area (Å²) in [5.74, 6) is 1.37. The maximum absolute atomic E-state index is 13.0. The number of carbonyl (C=O) groups excluding carboxylic acids is 1. The van der Waals surface area contributed by atoms with Gasteiger partial charge in [0.1, 0.15) is 10.6 Å². The summed E-state index contributed by atoms with van der Waals surface area (Å²) >= 11 is 0. The van der Waals surface area contributed by atoms with Crippen LogP contribution in [0.25, 0.3) is 0 Å². The van der Waals surface area contributed by atoms with E-state index in [-0.39, 0.29) is 22.6 Å². The van der Waals surface area contributed by atoms with E-state index in [2.05, 4.69) is 10.0 Å². The van der Waals surface area contributed by atoms with E-state index in [1.807, 2.05) is 4.90 Å². The van der Waals surface area contributed by atoms with Gasteiger partial charge in [-0.25, -0.2) is 13.1 Å². The van der Waals surface area contributed by atoms with Crippen molar-refractivity contribution in [1.82, 2.24) is 14.9 Å². The van der Waals surface area contributed by atoms with Crippen LogP contribution in [-0.4, -0.2) is 58.6 Å². The van der Waals surface area contributed by atoms with Crippen LogP contribution in [0, 0.1) is 11.8 Å². The van der Waals surface area contributed by atoms with Crippen LogP contribution >= 0.6 is 0 Å². The zero-order chi connectivity index (χ0) is 19.6. The number of nitrogens with zero attached hydrogens (tertiary/aromatic N) is 1. The fourth-order valence-corrected chi connectivity index (χ4v) is 5.44. The Balaban J connectivity index is 1.84. The Labute approximate surface area is 161 Å². The molecule has 0 aliphatic carbocycles. The van der Waals surface area contributed by atoms with Crippen molar-refractivity contribution < 1.29 is 17.9 Å². The molecule has 2 heterocycles. The standard InChI is InChI=1S/C19H29N3O4S/c1-13(2)21-27(24,25)18-10-14(4-5-17(18)26-3)19(23)22-8-6-15-11-20-12-16(15)7-9-22/h4-5,10,13,15-16,20-21H,6-9,11-12H2,1-3H3/t15-,16+. The van der Waals surface area contributed by atoms with Gasteiger partial charge in [0, 0.05) is 24.7 Å². The van der Waals surface area contributed by atoms with E-state index in [1.165, 1.54) is 13.2 Å². The molecule has 2 aliphatic rings. The molecule has 150 valence electrons. The summed E-state index contributed by atoms with van der Waals surface area (Å²) in [6.07, 6.45) is 1.97. The van der Waals surface area contributed by atoms with Crippen LogP contribution in [0.2, 0.25) is 0 Å². The highest BCUT2D eigenvalue weighted by Gasteiger charge is 2.32. The van der Waals surface area contributed by atoms with E-state index in [4.69, 9.17) is 4.74 Å². The number of nitrogens with one attached hydrogen (secondary N) is 2. The van der Waals surface area contributed by atoms with Gasteiger partial charge >= 0.3 is 0 Å². The number of amides is 1. The van der Waals surface area contributed by atoms with Crippen LogP contribution in [-0.2, 0) is 10.0 Å². The molecular formula is C19H29N3O4S. The van der Waals surface area contributed by atoms with Gasteiger partial charge in [-0.1, -0.05) is 0 Å². The SMILES string of the molecule is COc1ccc(C(=O)N2CC[C@@H]3CNC[C@@H]3CC2)cc1S(=O)(=O)NC(C)C. The zero-order valence-electron chi connectivity index (χ0n) is 16.2. The van der Waals surface area contributed by atoms with E-state index in [9.17, 15) is 13.2 Å². The first-order valence-electron chi connectivity index (χ1n) is 9.52. The predicted molar refractivity (Wildman–Crippen MR) is 103 cm³/mol. The number of hydrogen-bond donors (Lipinski definition) is 2. The van der Waals surface area contributed by atoms with Gasteiger partial charge < -0.3 is 15.0 Å². The van der Waals surface area contributed by atoms with E-state index in [0.29, 0.717) is 30.5 Å². The highest BCUT2D eigenvalue weighted by atomic mass is 32.2. The van der Waals surface area contributed by atoms with Crippen LogP contribution in [0.4, 0.5) is 0 Å².